The van der Waals surface area contributed by atoms with Crippen LogP contribution in [0.15, 0.2) is 30.3 Å². The van der Waals surface area contributed by atoms with E-state index < -0.39 is 21.4 Å². The van der Waals surface area contributed by atoms with Gasteiger partial charge in [-0.2, -0.15) is 9.67 Å². The van der Waals surface area contributed by atoms with E-state index in [4.69, 9.17) is 10.1 Å². The molecule has 0 aliphatic rings. The van der Waals surface area contributed by atoms with Gasteiger partial charge in [0.25, 0.3) is 5.69 Å². The van der Waals surface area contributed by atoms with Crippen LogP contribution in [0.2, 0.25) is 0 Å². The first-order valence-electron chi connectivity index (χ1n) is 11.7. The van der Waals surface area contributed by atoms with Gasteiger partial charge in [-0.05, 0) is 45.9 Å². The molecule has 0 spiro atoms. The second kappa shape index (κ2) is 10.4. The van der Waals surface area contributed by atoms with Crippen LogP contribution in [0.3, 0.4) is 0 Å². The summed E-state index contributed by atoms with van der Waals surface area (Å²) >= 11 is 0. The number of unbranched alkanes of at least 4 members (excludes halogenated alkanes) is 1. The van der Waals surface area contributed by atoms with Crippen LogP contribution in [0.4, 0.5) is 11.5 Å². The van der Waals surface area contributed by atoms with Gasteiger partial charge in [-0.25, -0.2) is 14.8 Å². The number of hydrogen-bond donors (Lipinski definition) is 1. The maximum Gasteiger partial charge on any atom is 0.335 e. The maximum absolute atomic E-state index is 11.7. The Balaban J connectivity index is 1.72. The van der Waals surface area contributed by atoms with E-state index >= 15 is 0 Å². The zero-order chi connectivity index (χ0) is 25.8. The fraction of sp³-hybridized carbons (Fsp3) is 0.409. The summed E-state index contributed by atoms with van der Waals surface area (Å²) in [7, 11) is 0. The lowest BCUT2D eigenvalue weighted by Gasteiger charge is -2.11. The van der Waals surface area contributed by atoms with E-state index in [1.165, 1.54) is 0 Å². The number of nitro groups is 2. The van der Waals surface area contributed by atoms with Crippen LogP contribution in [-0.2, 0) is 13.0 Å². The third-order valence-electron chi connectivity index (χ3n) is 5.99. The molecule has 1 unspecified atom stereocenters. The van der Waals surface area contributed by atoms with Crippen LogP contribution in [0.25, 0.3) is 17.2 Å². The van der Waals surface area contributed by atoms with Gasteiger partial charge in [0.1, 0.15) is 17.6 Å². The number of benzene rings is 1. The van der Waals surface area contributed by atoms with Gasteiger partial charge >= 0.3 is 11.5 Å². The first-order valence-corrected chi connectivity index (χ1v) is 11.7. The molecular formula is C22H26N10O4. The Labute approximate surface area is 205 Å². The van der Waals surface area contributed by atoms with Crippen molar-refractivity contribution in [3.63, 3.8) is 0 Å². The van der Waals surface area contributed by atoms with Gasteiger partial charge in [0.05, 0.1) is 11.5 Å². The van der Waals surface area contributed by atoms with E-state index in [2.05, 4.69) is 41.4 Å². The Bertz CT molecular complexity index is 1360. The molecule has 3 heterocycles. The molecule has 1 aromatic carbocycles. The van der Waals surface area contributed by atoms with Crippen molar-refractivity contribution in [2.75, 3.05) is 0 Å². The number of aromatic amines is 1. The molecule has 0 bridgehead atoms. The van der Waals surface area contributed by atoms with Crippen LogP contribution >= 0.6 is 0 Å². The number of hydrogen-bond acceptors (Lipinski definition) is 9. The van der Waals surface area contributed by atoms with Crippen LogP contribution in [0.5, 0.6) is 0 Å². The van der Waals surface area contributed by atoms with Crippen LogP contribution in [0.1, 0.15) is 63.2 Å². The standard InChI is InChI=1S/C22H26N10O4/c1-4-6-7-18-23-22(14(3)5-2)29(26-18)13-15-8-10-16(11-9-15)30-19(32(35)36)12-17(31(33)34)20(30)21-24-27-28-25-21/h8-12,14H,4-7,13H2,1-3H3,(H,24,25,27,28). The van der Waals surface area contributed by atoms with Crippen molar-refractivity contribution in [2.24, 2.45) is 0 Å². The second-order valence-electron chi connectivity index (χ2n) is 8.46. The summed E-state index contributed by atoms with van der Waals surface area (Å²) in [4.78, 5) is 26.8. The zero-order valence-corrected chi connectivity index (χ0v) is 20.2. The number of nitrogens with zero attached hydrogens (tertiary/aromatic N) is 9. The highest BCUT2D eigenvalue weighted by atomic mass is 16.6. The number of H-pyrrole nitrogens is 1. The summed E-state index contributed by atoms with van der Waals surface area (Å²) < 4.78 is 3.07. The fourth-order valence-corrected chi connectivity index (χ4v) is 3.94. The number of tetrazole rings is 1. The SMILES string of the molecule is CCCCc1nc(C(C)CC)n(Cc2ccc(-n3c([N+](=O)[O-])cc([N+](=O)[O-])c3-c3nnn[nH]3)cc2)n1. The van der Waals surface area contributed by atoms with E-state index in [1.54, 1.807) is 24.3 Å². The quantitative estimate of drug-likeness (QED) is 0.239. The summed E-state index contributed by atoms with van der Waals surface area (Å²) in [5, 5.41) is 41.2. The Hall–Kier alpha value is -4.49. The average molecular weight is 495 g/mol. The van der Waals surface area contributed by atoms with Crippen molar-refractivity contribution < 1.29 is 9.85 Å². The minimum Gasteiger partial charge on any atom is -0.358 e. The largest absolute Gasteiger partial charge is 0.358 e. The van der Waals surface area contributed by atoms with Gasteiger partial charge in [-0.15, -0.1) is 5.10 Å². The van der Waals surface area contributed by atoms with E-state index in [1.807, 2.05) is 4.68 Å². The van der Waals surface area contributed by atoms with Crippen molar-refractivity contribution in [2.45, 2.75) is 58.9 Å². The molecule has 0 aliphatic carbocycles. The molecule has 0 saturated carbocycles. The molecule has 1 N–H and O–H groups in total. The van der Waals surface area contributed by atoms with Crippen molar-refractivity contribution in [1.82, 2.24) is 40.0 Å². The predicted molar refractivity (Wildman–Crippen MR) is 129 cm³/mol. The van der Waals surface area contributed by atoms with Gasteiger partial charge in [0.2, 0.25) is 5.82 Å². The van der Waals surface area contributed by atoms with Gasteiger partial charge in [-0.1, -0.05) is 39.3 Å². The van der Waals surface area contributed by atoms with Gasteiger partial charge in [0.15, 0.2) is 5.82 Å². The molecule has 0 radical (unpaired) electrons. The van der Waals surface area contributed by atoms with Crippen LogP contribution in [0, 0.1) is 20.2 Å². The Morgan fingerprint density at radius 3 is 2.44 bits per heavy atom. The third kappa shape index (κ3) is 4.82. The number of aromatic nitrogens is 8. The predicted octanol–water partition coefficient (Wildman–Crippen LogP) is 3.97. The first kappa shape index (κ1) is 24.6. The van der Waals surface area contributed by atoms with Gasteiger partial charge in [0, 0.05) is 12.3 Å². The second-order valence-corrected chi connectivity index (χ2v) is 8.46. The van der Waals surface area contributed by atoms with Gasteiger partial charge < -0.3 is 10.1 Å². The first-order chi connectivity index (χ1) is 17.3. The number of aryl methyl sites for hydroxylation is 1. The summed E-state index contributed by atoms with van der Waals surface area (Å²) in [5.41, 5.74) is 0.668. The lowest BCUT2D eigenvalue weighted by molar-refractivity contribution is -0.394. The normalized spacial score (nSPS) is 12.1. The van der Waals surface area contributed by atoms with Crippen LogP contribution < -0.4 is 0 Å². The Morgan fingerprint density at radius 2 is 1.86 bits per heavy atom. The molecule has 36 heavy (non-hydrogen) atoms. The molecule has 4 aromatic rings. The highest BCUT2D eigenvalue weighted by molar-refractivity contribution is 5.72. The molecule has 14 heteroatoms. The summed E-state index contributed by atoms with van der Waals surface area (Å²) in [6, 6.07) is 7.84. The third-order valence-corrected chi connectivity index (χ3v) is 5.99. The topological polar surface area (TPSA) is 176 Å². The van der Waals surface area contributed by atoms with E-state index in [0.29, 0.717) is 12.2 Å². The summed E-state index contributed by atoms with van der Waals surface area (Å²) in [6.07, 6.45) is 3.83. The molecule has 4 rings (SSSR count). The van der Waals surface area contributed by atoms with E-state index in [9.17, 15) is 20.2 Å². The van der Waals surface area contributed by atoms with Crippen LogP contribution in [-0.4, -0.2) is 49.8 Å². The smallest absolute Gasteiger partial charge is 0.335 e. The monoisotopic (exact) mass is 494 g/mol. The summed E-state index contributed by atoms with van der Waals surface area (Å²) in [6.45, 7) is 6.83. The van der Waals surface area contributed by atoms with E-state index in [0.717, 1.165) is 53.5 Å². The minimum absolute atomic E-state index is 0.0562. The lowest BCUT2D eigenvalue weighted by Crippen LogP contribution is -2.10. The summed E-state index contributed by atoms with van der Waals surface area (Å²) in [5.74, 6) is 1.46. The molecule has 3 aromatic heterocycles. The molecule has 0 amide bonds. The molecule has 14 nitrogen and oxygen atoms in total. The maximum atomic E-state index is 11.7. The lowest BCUT2D eigenvalue weighted by atomic mass is 10.1. The van der Waals surface area contributed by atoms with E-state index in [-0.39, 0.29) is 17.4 Å². The van der Waals surface area contributed by atoms with Crippen molar-refractivity contribution >= 4 is 11.5 Å². The minimum atomic E-state index is -0.701. The van der Waals surface area contributed by atoms with Crippen molar-refractivity contribution in [1.29, 1.82) is 0 Å². The number of nitrogens with one attached hydrogen (secondary N) is 1. The van der Waals surface area contributed by atoms with Crippen molar-refractivity contribution in [3.8, 4) is 17.2 Å². The highest BCUT2D eigenvalue weighted by Crippen LogP contribution is 2.37. The molecular weight excluding hydrogens is 468 g/mol. The Morgan fingerprint density at radius 1 is 1.11 bits per heavy atom. The Kier molecular flexibility index (Phi) is 7.12. The molecule has 0 aliphatic heterocycles. The molecule has 0 saturated heterocycles. The average Bonchev–Trinajstić information content (AvgIpc) is 3.61. The molecule has 1 atom stereocenters. The highest BCUT2D eigenvalue weighted by Gasteiger charge is 2.35. The van der Waals surface area contributed by atoms with Gasteiger partial charge in [-0.3, -0.25) is 10.1 Å². The fourth-order valence-electron chi connectivity index (χ4n) is 3.94. The molecule has 0 fully saturated rings. The molecule has 188 valence electrons. The zero-order valence-electron chi connectivity index (χ0n) is 20.2. The number of rotatable bonds is 11. The van der Waals surface area contributed by atoms with Crippen molar-refractivity contribution in [3.05, 3.63) is 67.8 Å².